The molecule has 0 aromatic heterocycles. The van der Waals surface area contributed by atoms with Crippen LogP contribution in [0.4, 0.5) is 0 Å². The molecule has 1 rings (SSSR count). The summed E-state index contributed by atoms with van der Waals surface area (Å²) in [6.07, 6.45) is 2.22. The van der Waals surface area contributed by atoms with Gasteiger partial charge in [0.05, 0.1) is 0 Å². The lowest BCUT2D eigenvalue weighted by Gasteiger charge is -1.92. The van der Waals surface area contributed by atoms with Crippen molar-refractivity contribution in [1.29, 1.82) is 0 Å². The molecule has 66 valence electrons. The molecule has 0 saturated carbocycles. The van der Waals surface area contributed by atoms with Crippen molar-refractivity contribution in [2.24, 2.45) is 5.73 Å². The molecule has 0 aliphatic heterocycles. The maximum Gasteiger partial charge on any atom is 0.241 e. The fourth-order valence-electron chi connectivity index (χ4n) is 0.856. The van der Waals surface area contributed by atoms with E-state index in [2.05, 4.69) is 0 Å². The number of carbonyl (C=O) groups is 2. The first-order valence-corrected chi connectivity index (χ1v) is 3.77. The first kappa shape index (κ1) is 9.19. The van der Waals surface area contributed by atoms with Gasteiger partial charge in [-0.3, -0.25) is 9.59 Å². The third kappa shape index (κ3) is 2.91. The predicted molar refractivity (Wildman–Crippen MR) is 49.1 cm³/mol. The second kappa shape index (κ2) is 4.21. The van der Waals surface area contributed by atoms with Crippen molar-refractivity contribution in [1.82, 2.24) is 0 Å². The predicted octanol–water partition coefficient (Wildman–Crippen LogP) is 0.911. The van der Waals surface area contributed by atoms with E-state index in [0.717, 1.165) is 12.2 Å². The van der Waals surface area contributed by atoms with Crippen LogP contribution in [0.5, 0.6) is 0 Å². The summed E-state index contributed by atoms with van der Waals surface area (Å²) in [6.45, 7) is 0. The minimum absolute atomic E-state index is 0.223. The zero-order valence-corrected chi connectivity index (χ0v) is 6.94. The summed E-state index contributed by atoms with van der Waals surface area (Å²) in [5, 5.41) is 0. The summed E-state index contributed by atoms with van der Waals surface area (Å²) in [6, 6.07) is 8.67. The Kier molecular flexibility index (Phi) is 2.97. The van der Waals surface area contributed by atoms with Crippen LogP contribution >= 0.6 is 0 Å². The van der Waals surface area contributed by atoms with Crippen molar-refractivity contribution in [3.63, 3.8) is 0 Å². The molecule has 3 heteroatoms. The Bertz CT molecular complexity index is 341. The molecule has 1 aromatic carbocycles. The lowest BCUT2D eigenvalue weighted by Crippen LogP contribution is -2.06. The van der Waals surface area contributed by atoms with E-state index in [9.17, 15) is 9.59 Å². The number of allylic oxidation sites excluding steroid dienone is 1. The number of amides is 1. The number of nitrogens with two attached hydrogens (primary N) is 1. The Labute approximate surface area is 75.9 Å². The highest BCUT2D eigenvalue weighted by Crippen LogP contribution is 2.00. The summed E-state index contributed by atoms with van der Waals surface area (Å²) in [5.41, 5.74) is 5.38. The molecule has 13 heavy (non-hydrogen) atoms. The summed E-state index contributed by atoms with van der Waals surface area (Å²) in [4.78, 5) is 21.6. The highest BCUT2D eigenvalue weighted by molar-refractivity contribution is 6.07. The van der Waals surface area contributed by atoms with Crippen molar-refractivity contribution in [3.05, 3.63) is 48.0 Å². The van der Waals surface area contributed by atoms with E-state index in [1.54, 1.807) is 24.3 Å². The van der Waals surface area contributed by atoms with Crippen molar-refractivity contribution >= 4 is 11.7 Å². The normalized spacial score (nSPS) is 10.2. The van der Waals surface area contributed by atoms with Crippen LogP contribution in [-0.4, -0.2) is 11.7 Å². The van der Waals surface area contributed by atoms with E-state index in [4.69, 9.17) is 5.73 Å². The molecule has 0 saturated heterocycles. The SMILES string of the molecule is NC(=O)C=CC(=O)c1ccccc1. The molecular formula is C10H9NO2. The van der Waals surface area contributed by atoms with Gasteiger partial charge in [0.1, 0.15) is 0 Å². The van der Waals surface area contributed by atoms with Crippen LogP contribution in [0.2, 0.25) is 0 Å². The van der Waals surface area contributed by atoms with Gasteiger partial charge in [0, 0.05) is 11.6 Å². The summed E-state index contributed by atoms with van der Waals surface area (Å²) >= 11 is 0. The number of primary amides is 1. The highest BCUT2D eigenvalue weighted by Gasteiger charge is 1.99. The molecule has 0 bridgehead atoms. The van der Waals surface area contributed by atoms with Crippen LogP contribution in [0.1, 0.15) is 10.4 Å². The number of carbonyl (C=O) groups excluding carboxylic acids is 2. The van der Waals surface area contributed by atoms with E-state index in [0.29, 0.717) is 5.56 Å². The van der Waals surface area contributed by atoms with Gasteiger partial charge in [0.15, 0.2) is 5.78 Å². The van der Waals surface area contributed by atoms with Gasteiger partial charge in [-0.2, -0.15) is 0 Å². The summed E-state index contributed by atoms with van der Waals surface area (Å²) < 4.78 is 0. The van der Waals surface area contributed by atoms with Gasteiger partial charge in [0.25, 0.3) is 0 Å². The highest BCUT2D eigenvalue weighted by atomic mass is 16.1. The molecule has 0 atom stereocenters. The van der Waals surface area contributed by atoms with Crippen LogP contribution in [0, 0.1) is 0 Å². The van der Waals surface area contributed by atoms with E-state index < -0.39 is 5.91 Å². The molecule has 1 aromatic rings. The zero-order chi connectivity index (χ0) is 9.68. The van der Waals surface area contributed by atoms with Crippen LogP contribution in [0.25, 0.3) is 0 Å². The van der Waals surface area contributed by atoms with Gasteiger partial charge in [0.2, 0.25) is 5.91 Å². The van der Waals surface area contributed by atoms with Crippen molar-refractivity contribution in [2.45, 2.75) is 0 Å². The summed E-state index contributed by atoms with van der Waals surface area (Å²) in [5.74, 6) is -0.844. The second-order valence-corrected chi connectivity index (χ2v) is 2.47. The maximum atomic E-state index is 11.3. The summed E-state index contributed by atoms with van der Waals surface area (Å²) in [7, 11) is 0. The van der Waals surface area contributed by atoms with Crippen LogP contribution in [-0.2, 0) is 4.79 Å². The quantitative estimate of drug-likeness (QED) is 0.548. The fourth-order valence-corrected chi connectivity index (χ4v) is 0.856. The van der Waals surface area contributed by atoms with E-state index in [1.807, 2.05) is 6.07 Å². The minimum Gasteiger partial charge on any atom is -0.366 e. The average molecular weight is 175 g/mol. The molecule has 2 N–H and O–H groups in total. The molecule has 0 aliphatic carbocycles. The third-order valence-electron chi connectivity index (χ3n) is 1.46. The van der Waals surface area contributed by atoms with Crippen molar-refractivity contribution < 1.29 is 9.59 Å². The Hall–Kier alpha value is -1.90. The number of hydrogen-bond donors (Lipinski definition) is 1. The molecule has 1 amide bonds. The average Bonchev–Trinajstić information content (AvgIpc) is 2.15. The fraction of sp³-hybridized carbons (Fsp3) is 0. The van der Waals surface area contributed by atoms with Crippen LogP contribution in [0.15, 0.2) is 42.5 Å². The van der Waals surface area contributed by atoms with Crippen molar-refractivity contribution in [2.75, 3.05) is 0 Å². The van der Waals surface area contributed by atoms with Gasteiger partial charge in [-0.1, -0.05) is 30.3 Å². The van der Waals surface area contributed by atoms with Gasteiger partial charge >= 0.3 is 0 Å². The van der Waals surface area contributed by atoms with Gasteiger partial charge in [-0.05, 0) is 6.08 Å². The standard InChI is InChI=1S/C10H9NO2/c11-10(13)7-6-9(12)8-4-2-1-3-5-8/h1-7H,(H2,11,13). The minimum atomic E-state index is -0.621. The monoisotopic (exact) mass is 175 g/mol. The maximum absolute atomic E-state index is 11.3. The first-order valence-electron chi connectivity index (χ1n) is 3.77. The zero-order valence-electron chi connectivity index (χ0n) is 6.94. The lowest BCUT2D eigenvalue weighted by atomic mass is 10.1. The molecule has 0 radical (unpaired) electrons. The van der Waals surface area contributed by atoms with Gasteiger partial charge in [-0.25, -0.2) is 0 Å². The molecule has 0 heterocycles. The number of hydrogen-bond acceptors (Lipinski definition) is 2. The Balaban J connectivity index is 2.76. The smallest absolute Gasteiger partial charge is 0.241 e. The first-order chi connectivity index (χ1) is 6.20. The van der Waals surface area contributed by atoms with E-state index in [1.165, 1.54) is 0 Å². The third-order valence-corrected chi connectivity index (χ3v) is 1.46. The number of ketones is 1. The molecule has 0 aliphatic rings. The Morgan fingerprint density at radius 1 is 1.08 bits per heavy atom. The molecular weight excluding hydrogens is 166 g/mol. The Morgan fingerprint density at radius 2 is 1.69 bits per heavy atom. The van der Waals surface area contributed by atoms with E-state index >= 15 is 0 Å². The lowest BCUT2D eigenvalue weighted by molar-refractivity contribution is -0.113. The Morgan fingerprint density at radius 3 is 2.23 bits per heavy atom. The second-order valence-electron chi connectivity index (χ2n) is 2.47. The van der Waals surface area contributed by atoms with Crippen molar-refractivity contribution in [3.8, 4) is 0 Å². The van der Waals surface area contributed by atoms with Crippen LogP contribution in [0.3, 0.4) is 0 Å². The van der Waals surface area contributed by atoms with Gasteiger partial charge < -0.3 is 5.73 Å². The number of benzene rings is 1. The van der Waals surface area contributed by atoms with Gasteiger partial charge in [-0.15, -0.1) is 0 Å². The molecule has 0 spiro atoms. The van der Waals surface area contributed by atoms with Crippen LogP contribution < -0.4 is 5.73 Å². The largest absolute Gasteiger partial charge is 0.366 e. The molecule has 3 nitrogen and oxygen atoms in total. The molecule has 0 unspecified atom stereocenters. The topological polar surface area (TPSA) is 60.2 Å². The molecule has 0 fully saturated rings. The number of rotatable bonds is 3. The van der Waals surface area contributed by atoms with E-state index in [-0.39, 0.29) is 5.78 Å².